The number of carbonyl (C=O) groups excluding carboxylic acids is 2. The van der Waals surface area contributed by atoms with Gasteiger partial charge in [0.15, 0.2) is 0 Å². The maximum Gasteiger partial charge on any atom is 0.397 e. The van der Waals surface area contributed by atoms with Crippen LogP contribution in [0.5, 0.6) is 0 Å². The molecule has 1 rings (SSSR count). The second-order valence-electron chi connectivity index (χ2n) is 4.78. The monoisotopic (exact) mass is 263 g/mol. The number of nitrogens with zero attached hydrogens (tertiary/aromatic N) is 1. The number of benzene rings is 1. The van der Waals surface area contributed by atoms with Crippen molar-refractivity contribution in [3.8, 4) is 0 Å². The first-order chi connectivity index (χ1) is 8.95. The Morgan fingerprint density at radius 2 is 1.79 bits per heavy atom. The Labute approximate surface area is 114 Å². The average Bonchev–Trinajstić information content (AvgIpc) is 2.38. The molecular formula is C15H21NO3. The molecule has 0 aromatic heterocycles. The zero-order valence-electron chi connectivity index (χ0n) is 12.0. The van der Waals surface area contributed by atoms with E-state index in [-0.39, 0.29) is 6.61 Å². The highest BCUT2D eigenvalue weighted by atomic mass is 16.5. The van der Waals surface area contributed by atoms with Gasteiger partial charge in [-0.15, -0.1) is 0 Å². The summed E-state index contributed by atoms with van der Waals surface area (Å²) < 4.78 is 4.68. The van der Waals surface area contributed by atoms with Crippen molar-refractivity contribution in [1.82, 2.24) is 4.90 Å². The topological polar surface area (TPSA) is 46.6 Å². The lowest BCUT2D eigenvalue weighted by atomic mass is 10.0. The average molecular weight is 263 g/mol. The summed E-state index contributed by atoms with van der Waals surface area (Å²) >= 11 is 0. The first kappa shape index (κ1) is 15.2. The molecule has 0 N–H and O–H groups in total. The van der Waals surface area contributed by atoms with Crippen LogP contribution in [0.3, 0.4) is 0 Å². The summed E-state index contributed by atoms with van der Waals surface area (Å²) in [5.41, 5.74) is 2.24. The van der Waals surface area contributed by atoms with Crippen LogP contribution >= 0.6 is 0 Å². The Bertz CT molecular complexity index is 437. The third kappa shape index (κ3) is 4.39. The molecule has 0 heterocycles. The van der Waals surface area contributed by atoms with E-state index in [1.165, 1.54) is 10.5 Å². The highest BCUT2D eigenvalue weighted by Gasteiger charge is 2.19. The molecule has 1 aromatic carbocycles. The van der Waals surface area contributed by atoms with E-state index in [0.29, 0.717) is 12.5 Å². The molecule has 0 aliphatic rings. The van der Waals surface area contributed by atoms with E-state index in [2.05, 4.69) is 18.6 Å². The van der Waals surface area contributed by atoms with Crippen LogP contribution in [-0.4, -0.2) is 30.4 Å². The molecule has 0 bridgehead atoms. The molecule has 0 fully saturated rings. The van der Waals surface area contributed by atoms with Gasteiger partial charge >= 0.3 is 11.9 Å². The highest BCUT2D eigenvalue weighted by molar-refractivity contribution is 6.32. The molecule has 1 amide bonds. The molecule has 4 heteroatoms. The molecule has 0 aliphatic heterocycles. The van der Waals surface area contributed by atoms with Crippen LogP contribution < -0.4 is 0 Å². The number of hydrogen-bond acceptors (Lipinski definition) is 3. The van der Waals surface area contributed by atoms with Crippen LogP contribution in [0.1, 0.15) is 37.8 Å². The van der Waals surface area contributed by atoms with Crippen molar-refractivity contribution in [2.75, 3.05) is 13.7 Å². The molecule has 104 valence electrons. The van der Waals surface area contributed by atoms with E-state index in [1.807, 2.05) is 24.3 Å². The SMILES string of the molecule is CCOC(=O)C(=O)N(C)Cc1ccc(C(C)C)cc1. The fourth-order valence-corrected chi connectivity index (χ4v) is 1.70. The van der Waals surface area contributed by atoms with Crippen molar-refractivity contribution in [3.63, 3.8) is 0 Å². The lowest BCUT2D eigenvalue weighted by molar-refractivity contribution is -0.159. The Balaban J connectivity index is 2.63. The van der Waals surface area contributed by atoms with Gasteiger partial charge in [0, 0.05) is 13.6 Å². The molecule has 0 unspecified atom stereocenters. The van der Waals surface area contributed by atoms with Gasteiger partial charge in [-0.05, 0) is 24.0 Å². The smallest absolute Gasteiger partial charge is 0.397 e. The molecule has 19 heavy (non-hydrogen) atoms. The number of rotatable bonds is 4. The van der Waals surface area contributed by atoms with E-state index in [9.17, 15) is 9.59 Å². The number of hydrogen-bond donors (Lipinski definition) is 0. The quantitative estimate of drug-likeness (QED) is 0.618. The Hall–Kier alpha value is -1.84. The Morgan fingerprint density at radius 1 is 1.21 bits per heavy atom. The van der Waals surface area contributed by atoms with E-state index in [4.69, 9.17) is 0 Å². The second-order valence-corrected chi connectivity index (χ2v) is 4.78. The van der Waals surface area contributed by atoms with Crippen molar-refractivity contribution >= 4 is 11.9 Å². The summed E-state index contributed by atoms with van der Waals surface area (Å²) in [6, 6.07) is 8.04. The lowest BCUT2D eigenvalue weighted by Gasteiger charge is -2.16. The molecule has 1 aromatic rings. The van der Waals surface area contributed by atoms with Gasteiger partial charge in [0.1, 0.15) is 0 Å². The summed E-state index contributed by atoms with van der Waals surface area (Å²) in [5.74, 6) is -0.938. The summed E-state index contributed by atoms with van der Waals surface area (Å²) in [7, 11) is 1.59. The summed E-state index contributed by atoms with van der Waals surface area (Å²) in [6.45, 7) is 6.55. The number of likely N-dealkylation sites (N-methyl/N-ethyl adjacent to an activating group) is 1. The minimum atomic E-state index is -0.802. The first-order valence-corrected chi connectivity index (χ1v) is 6.46. The molecule has 0 saturated heterocycles. The second kappa shape index (κ2) is 6.92. The van der Waals surface area contributed by atoms with E-state index < -0.39 is 11.9 Å². The van der Waals surface area contributed by atoms with Gasteiger partial charge in [0.2, 0.25) is 0 Å². The van der Waals surface area contributed by atoms with E-state index in [0.717, 1.165) is 5.56 Å². The van der Waals surface area contributed by atoms with E-state index >= 15 is 0 Å². The maximum atomic E-state index is 11.7. The molecule has 0 aliphatic carbocycles. The largest absolute Gasteiger partial charge is 0.459 e. The van der Waals surface area contributed by atoms with Gasteiger partial charge in [-0.2, -0.15) is 0 Å². The fraction of sp³-hybridized carbons (Fsp3) is 0.467. The zero-order chi connectivity index (χ0) is 14.4. The zero-order valence-corrected chi connectivity index (χ0v) is 12.0. The van der Waals surface area contributed by atoms with E-state index in [1.54, 1.807) is 14.0 Å². The minimum absolute atomic E-state index is 0.210. The van der Waals surface area contributed by atoms with Crippen molar-refractivity contribution in [2.24, 2.45) is 0 Å². The van der Waals surface area contributed by atoms with Gasteiger partial charge in [-0.1, -0.05) is 38.1 Å². The summed E-state index contributed by atoms with van der Waals surface area (Å²) in [5, 5.41) is 0. The number of amides is 1. The van der Waals surface area contributed by atoms with Crippen molar-refractivity contribution in [2.45, 2.75) is 33.2 Å². The molecule has 0 saturated carbocycles. The summed E-state index contributed by atoms with van der Waals surface area (Å²) in [4.78, 5) is 24.3. The number of ether oxygens (including phenoxy) is 1. The molecule has 0 radical (unpaired) electrons. The van der Waals surface area contributed by atoms with Crippen molar-refractivity contribution in [3.05, 3.63) is 35.4 Å². The predicted molar refractivity (Wildman–Crippen MR) is 73.6 cm³/mol. The van der Waals surface area contributed by atoms with Crippen LogP contribution in [0.25, 0.3) is 0 Å². The molecule has 0 spiro atoms. The molecule has 0 atom stereocenters. The van der Waals surface area contributed by atoms with Crippen molar-refractivity contribution < 1.29 is 14.3 Å². The maximum absolute atomic E-state index is 11.7. The van der Waals surface area contributed by atoms with Crippen LogP contribution in [0.15, 0.2) is 24.3 Å². The van der Waals surface area contributed by atoms with Gasteiger partial charge in [0.05, 0.1) is 6.61 Å². The molecule has 4 nitrogen and oxygen atoms in total. The normalized spacial score (nSPS) is 10.4. The third-order valence-corrected chi connectivity index (χ3v) is 2.86. The van der Waals surface area contributed by atoms with Crippen molar-refractivity contribution in [1.29, 1.82) is 0 Å². The molecular weight excluding hydrogens is 242 g/mol. The Kier molecular flexibility index (Phi) is 5.55. The highest BCUT2D eigenvalue weighted by Crippen LogP contribution is 2.15. The number of esters is 1. The third-order valence-electron chi connectivity index (χ3n) is 2.86. The van der Waals surface area contributed by atoms with Gasteiger partial charge < -0.3 is 9.64 Å². The van der Waals surface area contributed by atoms with Gasteiger partial charge in [-0.25, -0.2) is 4.79 Å². The Morgan fingerprint density at radius 3 is 2.26 bits per heavy atom. The number of carbonyl (C=O) groups is 2. The van der Waals surface area contributed by atoms with Gasteiger partial charge in [0.25, 0.3) is 0 Å². The standard InChI is InChI=1S/C15H21NO3/c1-5-19-15(18)14(17)16(4)10-12-6-8-13(9-7-12)11(2)3/h6-9,11H,5,10H2,1-4H3. The van der Waals surface area contributed by atoms with Crippen LogP contribution in [0.2, 0.25) is 0 Å². The predicted octanol–water partition coefficient (Wildman–Crippen LogP) is 2.33. The summed E-state index contributed by atoms with van der Waals surface area (Å²) in [6.07, 6.45) is 0. The van der Waals surface area contributed by atoms with Crippen LogP contribution in [0, 0.1) is 0 Å². The first-order valence-electron chi connectivity index (χ1n) is 6.46. The van der Waals surface area contributed by atoms with Crippen LogP contribution in [-0.2, 0) is 20.9 Å². The van der Waals surface area contributed by atoms with Crippen LogP contribution in [0.4, 0.5) is 0 Å². The fourth-order valence-electron chi connectivity index (χ4n) is 1.70. The minimum Gasteiger partial charge on any atom is -0.459 e. The lowest BCUT2D eigenvalue weighted by Crippen LogP contribution is -2.34. The van der Waals surface area contributed by atoms with Gasteiger partial charge in [-0.3, -0.25) is 4.79 Å².